The fourth-order valence-corrected chi connectivity index (χ4v) is 4.27. The minimum atomic E-state index is -0.408. The van der Waals surface area contributed by atoms with E-state index < -0.39 is 6.10 Å². The number of fused-ring (bicyclic) bond motifs is 1. The number of hydrogen-bond donors (Lipinski definition) is 1. The van der Waals surface area contributed by atoms with E-state index in [1.165, 1.54) is 0 Å². The first-order chi connectivity index (χ1) is 17.4. The Labute approximate surface area is 214 Å². The summed E-state index contributed by atoms with van der Waals surface area (Å²) in [6.07, 6.45) is 1.54. The van der Waals surface area contributed by atoms with Crippen LogP contribution in [0.1, 0.15) is 45.6 Å². The molecule has 0 aliphatic rings. The number of pyridine rings is 1. The maximum Gasteiger partial charge on any atom is 0.137 e. The van der Waals surface area contributed by atoms with Crippen molar-refractivity contribution in [2.24, 2.45) is 5.92 Å². The average molecular weight is 482 g/mol. The predicted octanol–water partition coefficient (Wildman–Crippen LogP) is 7.27. The normalized spacial score (nSPS) is 12.1. The number of benzene rings is 3. The van der Waals surface area contributed by atoms with Crippen molar-refractivity contribution in [3.8, 4) is 28.1 Å². The topological polar surface area (TPSA) is 59.4 Å². The van der Waals surface area contributed by atoms with Crippen LogP contribution >= 0.6 is 0 Å². The first-order valence-electron chi connectivity index (χ1n) is 12.9. The number of aliphatic hydroxyl groups is 1. The monoisotopic (exact) mass is 481 g/mol. The highest BCUT2D eigenvalue weighted by Gasteiger charge is 2.16. The largest absolute Gasteiger partial charge is 0.493 e. The Bertz CT molecular complexity index is 1310. The Morgan fingerprint density at radius 1 is 0.944 bits per heavy atom. The van der Waals surface area contributed by atoms with Gasteiger partial charge in [-0.25, -0.2) is 4.98 Å². The molecule has 3 aromatic carbocycles. The number of rotatable bonds is 11. The molecule has 0 radical (unpaired) electrons. The fraction of sp³-hybridized carbons (Fsp3) is 0.312. The lowest BCUT2D eigenvalue weighted by Gasteiger charge is -2.16. The summed E-state index contributed by atoms with van der Waals surface area (Å²) in [4.78, 5) is 17.6. The van der Waals surface area contributed by atoms with Gasteiger partial charge in [-0.3, -0.25) is 4.79 Å². The lowest BCUT2D eigenvalue weighted by Crippen LogP contribution is -2.10. The van der Waals surface area contributed by atoms with Gasteiger partial charge in [0, 0.05) is 29.4 Å². The molecule has 0 amide bonds. The Balaban J connectivity index is 1.74. The number of hydrogen-bond acceptors (Lipinski definition) is 4. The zero-order chi connectivity index (χ0) is 25.5. The number of nitrogens with zero attached hydrogens (tertiary/aromatic N) is 1. The van der Waals surface area contributed by atoms with Crippen LogP contribution in [-0.4, -0.2) is 28.6 Å². The maximum absolute atomic E-state index is 12.5. The van der Waals surface area contributed by atoms with E-state index in [1.54, 1.807) is 0 Å². The summed E-state index contributed by atoms with van der Waals surface area (Å²) in [5.41, 5.74) is 5.79. The van der Waals surface area contributed by atoms with Crippen LogP contribution in [-0.2, 0) is 11.2 Å². The van der Waals surface area contributed by atoms with Gasteiger partial charge in [-0.05, 0) is 60.2 Å². The molecule has 36 heavy (non-hydrogen) atoms. The van der Waals surface area contributed by atoms with E-state index in [2.05, 4.69) is 44.2 Å². The number of ether oxygens (including phenoxy) is 1. The molecule has 4 aromatic rings. The molecule has 4 rings (SSSR count). The summed E-state index contributed by atoms with van der Waals surface area (Å²) >= 11 is 0. The maximum atomic E-state index is 12.5. The van der Waals surface area contributed by atoms with E-state index in [9.17, 15) is 9.90 Å². The van der Waals surface area contributed by atoms with E-state index in [1.807, 2.05) is 55.5 Å². The van der Waals surface area contributed by atoms with E-state index in [4.69, 9.17) is 9.72 Å². The van der Waals surface area contributed by atoms with Crippen LogP contribution in [0.25, 0.3) is 33.3 Å². The predicted molar refractivity (Wildman–Crippen MR) is 147 cm³/mol. The molecular formula is C32H35NO3. The number of carbonyl (C=O) groups is 1. The van der Waals surface area contributed by atoms with Crippen molar-refractivity contribution in [1.82, 2.24) is 4.98 Å². The first-order valence-corrected chi connectivity index (χ1v) is 12.9. The van der Waals surface area contributed by atoms with Gasteiger partial charge in [0.05, 0.1) is 23.9 Å². The molecule has 1 unspecified atom stereocenters. The standard InChI is InChI=1S/C32H35NO3/c1-4-26(34)15-16-27(35)19-23-14-17-30-25(18-23)20-29(24-10-6-5-7-11-24)32(33-30)28-12-8-9-13-31(28)36-21-22(2)3/h5-14,17-18,20,22,26,34H,4,15-16,19,21H2,1-3H3. The third-order valence-electron chi connectivity index (χ3n) is 6.31. The van der Waals surface area contributed by atoms with Crippen molar-refractivity contribution in [2.75, 3.05) is 6.61 Å². The molecule has 186 valence electrons. The van der Waals surface area contributed by atoms with Crippen molar-refractivity contribution >= 4 is 16.7 Å². The molecule has 1 heterocycles. The fourth-order valence-electron chi connectivity index (χ4n) is 4.27. The number of aliphatic hydroxyl groups excluding tert-OH is 1. The molecule has 0 fully saturated rings. The molecule has 0 aliphatic carbocycles. The van der Waals surface area contributed by atoms with Gasteiger partial charge >= 0.3 is 0 Å². The van der Waals surface area contributed by atoms with Crippen molar-refractivity contribution in [1.29, 1.82) is 0 Å². The SMILES string of the molecule is CCC(O)CCC(=O)Cc1ccc2nc(-c3ccccc3OCC(C)C)c(-c3ccccc3)cc2c1. The van der Waals surface area contributed by atoms with Crippen LogP contribution in [0.4, 0.5) is 0 Å². The molecule has 0 saturated heterocycles. The zero-order valence-corrected chi connectivity index (χ0v) is 21.4. The Hall–Kier alpha value is -3.50. The third-order valence-corrected chi connectivity index (χ3v) is 6.31. The lowest BCUT2D eigenvalue weighted by atomic mass is 9.95. The molecule has 4 nitrogen and oxygen atoms in total. The minimum absolute atomic E-state index is 0.144. The molecular weight excluding hydrogens is 446 g/mol. The number of Topliss-reactive ketones (excluding diaryl/α,β-unsaturated/α-hetero) is 1. The molecule has 1 aromatic heterocycles. The highest BCUT2D eigenvalue weighted by atomic mass is 16.5. The molecule has 4 heteroatoms. The molecule has 0 spiro atoms. The van der Waals surface area contributed by atoms with Crippen LogP contribution in [0.3, 0.4) is 0 Å². The third kappa shape index (κ3) is 6.38. The summed E-state index contributed by atoms with van der Waals surface area (Å²) in [7, 11) is 0. The van der Waals surface area contributed by atoms with Crippen molar-refractivity contribution < 1.29 is 14.6 Å². The van der Waals surface area contributed by atoms with Gasteiger partial charge in [0.15, 0.2) is 0 Å². The van der Waals surface area contributed by atoms with Gasteiger partial charge < -0.3 is 9.84 Å². The highest BCUT2D eigenvalue weighted by Crippen LogP contribution is 2.38. The van der Waals surface area contributed by atoms with Crippen LogP contribution in [0.2, 0.25) is 0 Å². The summed E-state index contributed by atoms with van der Waals surface area (Å²) in [5, 5.41) is 10.8. The average Bonchev–Trinajstić information content (AvgIpc) is 2.90. The van der Waals surface area contributed by atoms with E-state index in [0.29, 0.717) is 38.2 Å². The lowest BCUT2D eigenvalue weighted by molar-refractivity contribution is -0.119. The van der Waals surface area contributed by atoms with E-state index in [0.717, 1.165) is 44.6 Å². The van der Waals surface area contributed by atoms with Crippen LogP contribution < -0.4 is 4.74 Å². The molecule has 0 aliphatic heterocycles. The number of carbonyl (C=O) groups excluding carboxylic acids is 1. The van der Waals surface area contributed by atoms with Gasteiger partial charge in [0.1, 0.15) is 11.5 Å². The van der Waals surface area contributed by atoms with Crippen LogP contribution in [0, 0.1) is 5.92 Å². The van der Waals surface area contributed by atoms with Gasteiger partial charge in [-0.2, -0.15) is 0 Å². The second kappa shape index (κ2) is 12.0. The van der Waals surface area contributed by atoms with Gasteiger partial charge in [0.2, 0.25) is 0 Å². The number of para-hydroxylation sites is 1. The van der Waals surface area contributed by atoms with Gasteiger partial charge in [-0.1, -0.05) is 69.3 Å². The number of aromatic nitrogens is 1. The van der Waals surface area contributed by atoms with Crippen LogP contribution in [0.15, 0.2) is 78.9 Å². The first kappa shape index (κ1) is 25.6. The second-order valence-electron chi connectivity index (χ2n) is 9.79. The Kier molecular flexibility index (Phi) is 8.50. The van der Waals surface area contributed by atoms with Gasteiger partial charge in [0.25, 0.3) is 0 Å². The second-order valence-corrected chi connectivity index (χ2v) is 9.79. The summed E-state index contributed by atoms with van der Waals surface area (Å²) in [6.45, 7) is 6.85. The molecule has 0 bridgehead atoms. The quantitative estimate of drug-likeness (QED) is 0.245. The summed E-state index contributed by atoms with van der Waals surface area (Å²) < 4.78 is 6.17. The van der Waals surface area contributed by atoms with Crippen molar-refractivity contribution in [3.63, 3.8) is 0 Å². The molecule has 0 saturated carbocycles. The van der Waals surface area contributed by atoms with E-state index in [-0.39, 0.29) is 5.78 Å². The smallest absolute Gasteiger partial charge is 0.137 e. The molecule has 1 atom stereocenters. The van der Waals surface area contributed by atoms with Crippen LogP contribution in [0.5, 0.6) is 5.75 Å². The minimum Gasteiger partial charge on any atom is -0.493 e. The summed E-state index contributed by atoms with van der Waals surface area (Å²) in [5.74, 6) is 1.39. The number of ketones is 1. The summed E-state index contributed by atoms with van der Waals surface area (Å²) in [6, 6.07) is 26.5. The van der Waals surface area contributed by atoms with Crippen molar-refractivity contribution in [3.05, 3.63) is 84.4 Å². The zero-order valence-electron chi connectivity index (χ0n) is 21.4. The highest BCUT2D eigenvalue weighted by molar-refractivity contribution is 5.93. The van der Waals surface area contributed by atoms with Gasteiger partial charge in [-0.15, -0.1) is 0 Å². The Morgan fingerprint density at radius 3 is 2.44 bits per heavy atom. The molecule has 1 N–H and O–H groups in total. The van der Waals surface area contributed by atoms with Crippen molar-refractivity contribution in [2.45, 2.75) is 52.6 Å². The Morgan fingerprint density at radius 2 is 1.69 bits per heavy atom. The van der Waals surface area contributed by atoms with E-state index >= 15 is 0 Å².